The third kappa shape index (κ3) is 2.34. The Morgan fingerprint density at radius 3 is 2.69 bits per heavy atom. The van der Waals surface area contributed by atoms with Gasteiger partial charge in [-0.15, -0.1) is 0 Å². The van der Waals surface area contributed by atoms with Crippen LogP contribution in [-0.4, -0.2) is 11.0 Å². The van der Waals surface area contributed by atoms with Gasteiger partial charge in [-0.1, -0.05) is 0 Å². The fraction of sp³-hybridized carbons (Fsp3) is 0.636. The van der Waals surface area contributed by atoms with Crippen LogP contribution in [0.25, 0.3) is 0 Å². The Morgan fingerprint density at radius 2 is 2.08 bits per heavy atom. The second kappa shape index (κ2) is 3.97. The maximum absolute atomic E-state index is 5.86. The summed E-state index contributed by atoms with van der Waals surface area (Å²) in [5.41, 5.74) is 7.31. The lowest BCUT2D eigenvalue weighted by Gasteiger charge is -2.25. The highest BCUT2D eigenvalue weighted by Crippen LogP contribution is 2.26. The molecule has 2 nitrogen and oxygen atoms in total. The van der Waals surface area contributed by atoms with E-state index in [-0.39, 0.29) is 0 Å². The molecule has 1 fully saturated rings. The van der Waals surface area contributed by atoms with Crippen LogP contribution in [-0.2, 0) is 6.42 Å². The molecule has 0 aliphatic heterocycles. The Balaban J connectivity index is 1.83. The molecule has 72 valence electrons. The summed E-state index contributed by atoms with van der Waals surface area (Å²) in [6.45, 7) is 0. The second-order valence-corrected chi connectivity index (χ2v) is 4.20. The minimum absolute atomic E-state index is 0.475. The van der Waals surface area contributed by atoms with Gasteiger partial charge in [-0.2, -0.15) is 0 Å². The average molecular weight is 178 g/mol. The number of nitrogens with one attached hydrogen (secondary N) is 1. The van der Waals surface area contributed by atoms with Crippen molar-refractivity contribution in [1.29, 1.82) is 0 Å². The molecule has 0 unspecified atom stereocenters. The summed E-state index contributed by atoms with van der Waals surface area (Å²) in [5.74, 6) is 0.871. The molecule has 1 aliphatic carbocycles. The van der Waals surface area contributed by atoms with Gasteiger partial charge in [-0.3, -0.25) is 0 Å². The number of rotatable bonds is 2. The van der Waals surface area contributed by atoms with Crippen LogP contribution in [0, 0.1) is 5.92 Å². The number of aromatic amines is 1. The molecule has 0 bridgehead atoms. The van der Waals surface area contributed by atoms with E-state index in [1.54, 1.807) is 0 Å². The Bertz CT molecular complexity index is 233. The van der Waals surface area contributed by atoms with Gasteiger partial charge < -0.3 is 10.7 Å². The number of nitrogens with two attached hydrogens (primary N) is 1. The van der Waals surface area contributed by atoms with Gasteiger partial charge >= 0.3 is 0 Å². The van der Waals surface area contributed by atoms with Crippen LogP contribution < -0.4 is 5.73 Å². The summed E-state index contributed by atoms with van der Waals surface area (Å²) in [6.07, 6.45) is 10.4. The first-order valence-corrected chi connectivity index (χ1v) is 5.22. The van der Waals surface area contributed by atoms with E-state index < -0.39 is 0 Å². The predicted molar refractivity (Wildman–Crippen MR) is 54.4 cm³/mol. The number of H-pyrrole nitrogens is 1. The van der Waals surface area contributed by atoms with Crippen molar-refractivity contribution in [2.24, 2.45) is 11.7 Å². The molecule has 3 N–H and O–H groups in total. The fourth-order valence-electron chi connectivity index (χ4n) is 2.21. The maximum Gasteiger partial charge on any atom is 0.00390 e. The van der Waals surface area contributed by atoms with E-state index in [0.717, 1.165) is 5.92 Å². The van der Waals surface area contributed by atoms with Crippen molar-refractivity contribution < 1.29 is 0 Å². The molecule has 13 heavy (non-hydrogen) atoms. The zero-order valence-electron chi connectivity index (χ0n) is 8.00. The summed E-state index contributed by atoms with van der Waals surface area (Å²) in [7, 11) is 0. The molecule has 0 saturated heterocycles. The molecule has 1 saturated carbocycles. The van der Waals surface area contributed by atoms with Crippen LogP contribution in [0.4, 0.5) is 0 Å². The minimum Gasteiger partial charge on any atom is -0.367 e. The topological polar surface area (TPSA) is 41.8 Å². The van der Waals surface area contributed by atoms with Gasteiger partial charge in [-0.25, -0.2) is 0 Å². The van der Waals surface area contributed by atoms with Crippen molar-refractivity contribution in [3.05, 3.63) is 24.0 Å². The molecule has 1 aliphatic rings. The van der Waals surface area contributed by atoms with Crippen LogP contribution in [0.1, 0.15) is 31.2 Å². The maximum atomic E-state index is 5.86. The third-order valence-electron chi connectivity index (χ3n) is 3.08. The van der Waals surface area contributed by atoms with E-state index in [9.17, 15) is 0 Å². The molecular formula is C11H18N2. The first kappa shape index (κ1) is 8.82. The second-order valence-electron chi connectivity index (χ2n) is 4.20. The Hall–Kier alpha value is -0.760. The van der Waals surface area contributed by atoms with Crippen LogP contribution in [0.15, 0.2) is 18.5 Å². The van der Waals surface area contributed by atoms with Crippen molar-refractivity contribution in [2.75, 3.05) is 0 Å². The minimum atomic E-state index is 0.475. The summed E-state index contributed by atoms with van der Waals surface area (Å²) in [5, 5.41) is 0. The van der Waals surface area contributed by atoms with Gasteiger partial charge in [0, 0.05) is 18.4 Å². The standard InChI is InChI=1S/C11H18N2/c12-11-3-1-9(2-4-11)7-10-5-6-13-8-10/h5-6,8-9,11,13H,1-4,7,12H2. The van der Waals surface area contributed by atoms with Gasteiger partial charge in [0.2, 0.25) is 0 Å². The average Bonchev–Trinajstić information content (AvgIpc) is 2.62. The van der Waals surface area contributed by atoms with Crippen molar-refractivity contribution in [2.45, 2.75) is 38.1 Å². The first-order chi connectivity index (χ1) is 6.34. The van der Waals surface area contributed by atoms with Gasteiger partial charge in [0.15, 0.2) is 0 Å². The molecule has 0 spiro atoms. The molecular weight excluding hydrogens is 160 g/mol. The zero-order chi connectivity index (χ0) is 9.10. The smallest absolute Gasteiger partial charge is 0.00390 e. The molecule has 1 aromatic heterocycles. The Morgan fingerprint density at radius 1 is 1.31 bits per heavy atom. The Labute approximate surface area is 79.5 Å². The van der Waals surface area contributed by atoms with Crippen molar-refractivity contribution in [3.63, 3.8) is 0 Å². The van der Waals surface area contributed by atoms with E-state index in [2.05, 4.69) is 17.2 Å². The lowest BCUT2D eigenvalue weighted by Crippen LogP contribution is -2.27. The van der Waals surface area contributed by atoms with E-state index in [1.165, 1.54) is 37.7 Å². The molecule has 0 aromatic carbocycles. The van der Waals surface area contributed by atoms with Crippen LogP contribution in [0.5, 0.6) is 0 Å². The summed E-state index contributed by atoms with van der Waals surface area (Å²) < 4.78 is 0. The summed E-state index contributed by atoms with van der Waals surface area (Å²) >= 11 is 0. The lowest BCUT2D eigenvalue weighted by atomic mass is 9.83. The first-order valence-electron chi connectivity index (χ1n) is 5.22. The van der Waals surface area contributed by atoms with Crippen molar-refractivity contribution in [3.8, 4) is 0 Å². The molecule has 1 aromatic rings. The number of aromatic nitrogens is 1. The molecule has 2 heteroatoms. The number of hydrogen-bond donors (Lipinski definition) is 2. The van der Waals surface area contributed by atoms with Crippen molar-refractivity contribution in [1.82, 2.24) is 4.98 Å². The largest absolute Gasteiger partial charge is 0.367 e. The SMILES string of the molecule is NC1CCC(Cc2cc[nH]c2)CC1. The van der Waals surface area contributed by atoms with Gasteiger partial charge in [0.25, 0.3) is 0 Å². The summed E-state index contributed by atoms with van der Waals surface area (Å²) in [4.78, 5) is 3.10. The predicted octanol–water partition coefficient (Wildman–Crippen LogP) is 2.07. The molecule has 0 atom stereocenters. The third-order valence-corrected chi connectivity index (χ3v) is 3.08. The van der Waals surface area contributed by atoms with Crippen LogP contribution >= 0.6 is 0 Å². The zero-order valence-corrected chi connectivity index (χ0v) is 8.00. The Kier molecular flexibility index (Phi) is 2.69. The highest BCUT2D eigenvalue weighted by Gasteiger charge is 2.18. The van der Waals surface area contributed by atoms with E-state index in [1.807, 2.05) is 6.20 Å². The van der Waals surface area contributed by atoms with Crippen molar-refractivity contribution >= 4 is 0 Å². The van der Waals surface area contributed by atoms with E-state index in [0.29, 0.717) is 6.04 Å². The molecule has 1 heterocycles. The highest BCUT2D eigenvalue weighted by atomic mass is 14.6. The molecule has 0 radical (unpaired) electrons. The normalized spacial score (nSPS) is 29.0. The van der Waals surface area contributed by atoms with E-state index in [4.69, 9.17) is 5.73 Å². The quantitative estimate of drug-likeness (QED) is 0.715. The van der Waals surface area contributed by atoms with Gasteiger partial charge in [0.05, 0.1) is 0 Å². The van der Waals surface area contributed by atoms with E-state index >= 15 is 0 Å². The lowest BCUT2D eigenvalue weighted by molar-refractivity contribution is 0.325. The van der Waals surface area contributed by atoms with Crippen LogP contribution in [0.3, 0.4) is 0 Å². The fourth-order valence-corrected chi connectivity index (χ4v) is 2.21. The molecule has 2 rings (SSSR count). The van der Waals surface area contributed by atoms with Crippen LogP contribution in [0.2, 0.25) is 0 Å². The highest BCUT2D eigenvalue weighted by molar-refractivity contribution is 5.09. The monoisotopic (exact) mass is 178 g/mol. The van der Waals surface area contributed by atoms with Gasteiger partial charge in [0.1, 0.15) is 0 Å². The number of hydrogen-bond acceptors (Lipinski definition) is 1. The molecule has 0 amide bonds. The summed E-state index contributed by atoms with van der Waals surface area (Å²) in [6, 6.07) is 2.65. The van der Waals surface area contributed by atoms with Gasteiger partial charge in [-0.05, 0) is 49.7 Å².